The summed E-state index contributed by atoms with van der Waals surface area (Å²) in [5.41, 5.74) is 1.31. The Balaban J connectivity index is 1.69. The molecule has 1 aromatic rings. The predicted molar refractivity (Wildman–Crippen MR) is 80.2 cm³/mol. The molecule has 5 heteroatoms. The molecule has 4 rings (SSSR count). The quantitative estimate of drug-likeness (QED) is 0.762. The highest BCUT2D eigenvalue weighted by molar-refractivity contribution is 8.16. The second-order valence-electron chi connectivity index (χ2n) is 4.93. The Morgan fingerprint density at radius 1 is 1.28 bits per heavy atom. The molecule has 1 fully saturated rings. The van der Waals surface area contributed by atoms with Crippen LogP contribution in [0.4, 0.5) is 0 Å². The van der Waals surface area contributed by atoms with Crippen molar-refractivity contribution in [1.29, 1.82) is 0 Å². The molecule has 0 bridgehead atoms. The second kappa shape index (κ2) is 4.29. The minimum Gasteiger partial charge on any atom is -0.314 e. The molecule has 94 valence electrons. The number of hydrogen-bond acceptors (Lipinski definition) is 4. The van der Waals surface area contributed by atoms with E-state index in [-0.39, 0.29) is 0 Å². The van der Waals surface area contributed by atoms with Crippen molar-refractivity contribution in [3.05, 3.63) is 26.8 Å². The molecule has 18 heavy (non-hydrogen) atoms. The maximum Gasteiger partial charge on any atom is 0.168 e. The van der Waals surface area contributed by atoms with E-state index in [1.165, 1.54) is 41.4 Å². The highest BCUT2D eigenvalue weighted by atomic mass is 35.5. The van der Waals surface area contributed by atoms with Crippen molar-refractivity contribution in [2.75, 3.05) is 0 Å². The van der Waals surface area contributed by atoms with E-state index in [0.717, 1.165) is 4.34 Å². The van der Waals surface area contributed by atoms with Crippen LogP contribution in [0.2, 0.25) is 4.34 Å². The maximum atomic E-state index is 6.05. The fourth-order valence-corrected chi connectivity index (χ4v) is 5.18. The number of hydrogen-bond donors (Lipinski definition) is 0. The number of thioether (sulfide) groups is 1. The molecule has 0 unspecified atom stereocenters. The minimum atomic E-state index is 0.528. The standard InChI is InChI=1S/C13H13ClN2S2/c14-12-6-5-11(18-12)10-7-17-13-15-8-3-1-2-4-9(8)16(10)13/h5-9H,1-4H2/t8-,9+/m0/s1. The van der Waals surface area contributed by atoms with Gasteiger partial charge in [-0.3, -0.25) is 4.99 Å². The number of aliphatic imine (C=N–C) groups is 1. The number of thiophene rings is 1. The van der Waals surface area contributed by atoms with E-state index in [1.54, 1.807) is 23.1 Å². The number of amidine groups is 1. The molecular formula is C13H13ClN2S2. The molecule has 1 aliphatic carbocycles. The van der Waals surface area contributed by atoms with Gasteiger partial charge >= 0.3 is 0 Å². The normalized spacial score (nSPS) is 29.9. The van der Waals surface area contributed by atoms with Gasteiger partial charge in [-0.25, -0.2) is 0 Å². The van der Waals surface area contributed by atoms with Gasteiger partial charge in [0.15, 0.2) is 5.17 Å². The third kappa shape index (κ3) is 1.66. The Morgan fingerprint density at radius 3 is 3.00 bits per heavy atom. The molecule has 0 saturated heterocycles. The number of rotatable bonds is 1. The molecule has 0 aromatic carbocycles. The minimum absolute atomic E-state index is 0.528. The van der Waals surface area contributed by atoms with Crippen LogP contribution in [0.5, 0.6) is 0 Å². The Bertz CT molecular complexity index is 549. The lowest BCUT2D eigenvalue weighted by Crippen LogP contribution is -2.37. The van der Waals surface area contributed by atoms with Crippen molar-refractivity contribution >= 4 is 45.6 Å². The van der Waals surface area contributed by atoms with Crippen molar-refractivity contribution in [2.24, 2.45) is 4.99 Å². The molecule has 0 amide bonds. The van der Waals surface area contributed by atoms with E-state index in [4.69, 9.17) is 16.6 Å². The smallest absolute Gasteiger partial charge is 0.168 e. The van der Waals surface area contributed by atoms with Crippen LogP contribution in [0.15, 0.2) is 22.5 Å². The van der Waals surface area contributed by atoms with E-state index in [0.29, 0.717) is 12.1 Å². The molecule has 2 atom stereocenters. The summed E-state index contributed by atoms with van der Waals surface area (Å²) in [5, 5.41) is 3.43. The van der Waals surface area contributed by atoms with Crippen LogP contribution >= 0.6 is 34.7 Å². The third-order valence-corrected chi connectivity index (χ3v) is 5.98. The molecule has 0 N–H and O–H groups in total. The van der Waals surface area contributed by atoms with Gasteiger partial charge in [-0.2, -0.15) is 0 Å². The highest BCUT2D eigenvalue weighted by Gasteiger charge is 2.42. The zero-order chi connectivity index (χ0) is 12.1. The Hall–Kier alpha value is -0.450. The molecule has 1 saturated carbocycles. The summed E-state index contributed by atoms with van der Waals surface area (Å²) >= 11 is 9.48. The lowest BCUT2D eigenvalue weighted by molar-refractivity contribution is 0.306. The van der Waals surface area contributed by atoms with Gasteiger partial charge in [-0.1, -0.05) is 36.2 Å². The zero-order valence-corrected chi connectivity index (χ0v) is 12.2. The number of halogens is 1. The SMILES string of the molecule is Clc1ccc(C2=CSC3=N[C@H]4CCCC[C@H]4N23)s1. The number of fused-ring (bicyclic) bond motifs is 3. The summed E-state index contributed by atoms with van der Waals surface area (Å²) < 4.78 is 0.862. The molecule has 0 radical (unpaired) electrons. The molecular weight excluding hydrogens is 284 g/mol. The van der Waals surface area contributed by atoms with Gasteiger partial charge in [0, 0.05) is 5.41 Å². The first-order valence-corrected chi connectivity index (χ1v) is 8.40. The van der Waals surface area contributed by atoms with Crippen molar-refractivity contribution in [3.8, 4) is 0 Å². The van der Waals surface area contributed by atoms with Crippen LogP contribution in [0.1, 0.15) is 30.6 Å². The summed E-state index contributed by atoms with van der Waals surface area (Å²) in [6, 6.07) is 5.23. The van der Waals surface area contributed by atoms with Crippen molar-refractivity contribution in [2.45, 2.75) is 37.8 Å². The molecule has 3 heterocycles. The molecule has 2 nitrogen and oxygen atoms in total. The molecule has 2 aliphatic heterocycles. The van der Waals surface area contributed by atoms with E-state index in [2.05, 4.69) is 16.4 Å². The van der Waals surface area contributed by atoms with Gasteiger partial charge in [-0.05, 0) is 25.0 Å². The molecule has 1 aromatic heterocycles. The highest BCUT2D eigenvalue weighted by Crippen LogP contribution is 2.45. The summed E-state index contributed by atoms with van der Waals surface area (Å²) in [4.78, 5) is 8.60. The van der Waals surface area contributed by atoms with Crippen LogP contribution < -0.4 is 0 Å². The summed E-state index contributed by atoms with van der Waals surface area (Å²) in [6.45, 7) is 0. The fraction of sp³-hybridized carbons (Fsp3) is 0.462. The van der Waals surface area contributed by atoms with Gasteiger partial charge in [0.1, 0.15) is 0 Å². The van der Waals surface area contributed by atoms with E-state index >= 15 is 0 Å². The largest absolute Gasteiger partial charge is 0.314 e. The van der Waals surface area contributed by atoms with Crippen LogP contribution in [0.25, 0.3) is 5.70 Å². The van der Waals surface area contributed by atoms with Gasteiger partial charge in [0.2, 0.25) is 0 Å². The zero-order valence-electron chi connectivity index (χ0n) is 9.80. The summed E-state index contributed by atoms with van der Waals surface area (Å²) in [5.74, 6) is 0. The Morgan fingerprint density at radius 2 is 2.17 bits per heavy atom. The van der Waals surface area contributed by atoms with Crippen LogP contribution in [-0.4, -0.2) is 22.2 Å². The third-order valence-electron chi connectivity index (χ3n) is 3.87. The topological polar surface area (TPSA) is 15.6 Å². The van der Waals surface area contributed by atoms with Gasteiger partial charge in [-0.15, -0.1) is 11.3 Å². The van der Waals surface area contributed by atoms with E-state index in [1.807, 2.05) is 6.07 Å². The van der Waals surface area contributed by atoms with Crippen molar-refractivity contribution in [3.63, 3.8) is 0 Å². The average molecular weight is 297 g/mol. The summed E-state index contributed by atoms with van der Waals surface area (Å²) in [6.07, 6.45) is 5.20. The fourth-order valence-electron chi connectivity index (χ4n) is 3.05. The van der Waals surface area contributed by atoms with E-state index in [9.17, 15) is 0 Å². The van der Waals surface area contributed by atoms with Crippen LogP contribution in [0.3, 0.4) is 0 Å². The van der Waals surface area contributed by atoms with Gasteiger partial charge in [0.25, 0.3) is 0 Å². The van der Waals surface area contributed by atoms with Gasteiger partial charge < -0.3 is 4.90 Å². The molecule has 3 aliphatic rings. The lowest BCUT2D eigenvalue weighted by Gasteiger charge is -2.31. The Kier molecular flexibility index (Phi) is 2.71. The maximum absolute atomic E-state index is 6.05. The lowest BCUT2D eigenvalue weighted by atomic mass is 9.90. The van der Waals surface area contributed by atoms with Crippen molar-refractivity contribution < 1.29 is 0 Å². The molecule has 0 spiro atoms. The first-order chi connectivity index (χ1) is 8.83. The average Bonchev–Trinajstić information content (AvgIpc) is 3.02. The van der Waals surface area contributed by atoms with Gasteiger partial charge in [0.05, 0.1) is 27.0 Å². The summed E-state index contributed by atoms with van der Waals surface area (Å²) in [7, 11) is 0. The monoisotopic (exact) mass is 296 g/mol. The van der Waals surface area contributed by atoms with Crippen LogP contribution in [-0.2, 0) is 0 Å². The van der Waals surface area contributed by atoms with E-state index < -0.39 is 0 Å². The number of nitrogens with zero attached hydrogens (tertiary/aromatic N) is 2. The van der Waals surface area contributed by atoms with Crippen LogP contribution in [0, 0.1) is 0 Å². The predicted octanol–water partition coefficient (Wildman–Crippen LogP) is 4.43. The Labute approximate surface area is 120 Å². The first-order valence-electron chi connectivity index (χ1n) is 6.32. The first kappa shape index (κ1) is 11.4. The van der Waals surface area contributed by atoms with Crippen molar-refractivity contribution in [1.82, 2.24) is 4.90 Å². The second-order valence-corrected chi connectivity index (χ2v) is 7.48.